The van der Waals surface area contributed by atoms with Gasteiger partial charge < -0.3 is 4.74 Å². The second-order valence-corrected chi connectivity index (χ2v) is 4.66. The lowest BCUT2D eigenvalue weighted by Crippen LogP contribution is -1.91. The van der Waals surface area contributed by atoms with E-state index in [9.17, 15) is 4.79 Å². The summed E-state index contributed by atoms with van der Waals surface area (Å²) in [6.07, 6.45) is 2.42. The first-order valence-electron chi connectivity index (χ1n) is 6.04. The van der Waals surface area contributed by atoms with Crippen LogP contribution in [0.5, 0.6) is 11.5 Å². The summed E-state index contributed by atoms with van der Waals surface area (Å²) in [4.78, 5) is 15.3. The zero-order valence-corrected chi connectivity index (χ0v) is 11.2. The molecule has 0 aliphatic rings. The highest BCUT2D eigenvalue weighted by atomic mass is 35.5. The van der Waals surface area contributed by atoms with Crippen LogP contribution in [0.3, 0.4) is 0 Å². The summed E-state index contributed by atoms with van der Waals surface area (Å²) in [5.41, 5.74) is 1.25. The van der Waals surface area contributed by atoms with Crippen molar-refractivity contribution in [3.05, 3.63) is 65.3 Å². The maximum Gasteiger partial charge on any atom is 0.153 e. The molecule has 0 fully saturated rings. The third kappa shape index (κ3) is 2.36. The molecule has 3 aromatic rings. The molecule has 0 aliphatic carbocycles. The van der Waals surface area contributed by atoms with Crippen LogP contribution in [0.2, 0.25) is 5.02 Å². The number of pyridine rings is 1. The van der Waals surface area contributed by atoms with Crippen LogP contribution in [0.4, 0.5) is 0 Å². The number of aromatic nitrogens is 1. The molecule has 0 saturated heterocycles. The second kappa shape index (κ2) is 5.31. The van der Waals surface area contributed by atoms with Crippen LogP contribution in [-0.2, 0) is 0 Å². The Kier molecular flexibility index (Phi) is 3.35. The van der Waals surface area contributed by atoms with Gasteiger partial charge in [0.25, 0.3) is 0 Å². The Labute approximate surface area is 120 Å². The molecule has 0 amide bonds. The maximum atomic E-state index is 11.0. The fourth-order valence-corrected chi connectivity index (χ4v) is 2.14. The van der Waals surface area contributed by atoms with Crippen molar-refractivity contribution in [2.24, 2.45) is 0 Å². The molecule has 0 spiro atoms. The van der Waals surface area contributed by atoms with E-state index < -0.39 is 0 Å². The number of fused-ring (bicyclic) bond motifs is 1. The second-order valence-electron chi connectivity index (χ2n) is 4.23. The third-order valence-electron chi connectivity index (χ3n) is 2.93. The summed E-state index contributed by atoms with van der Waals surface area (Å²) < 4.78 is 5.84. The summed E-state index contributed by atoms with van der Waals surface area (Å²) in [5.74, 6) is 1.16. The minimum absolute atomic E-state index is 0.506. The van der Waals surface area contributed by atoms with Crippen LogP contribution < -0.4 is 4.74 Å². The van der Waals surface area contributed by atoms with Crippen LogP contribution in [0.1, 0.15) is 10.4 Å². The molecule has 0 N–H and O–H groups in total. The van der Waals surface area contributed by atoms with Gasteiger partial charge in [-0.05, 0) is 36.4 Å². The highest BCUT2D eigenvalue weighted by Crippen LogP contribution is 2.31. The van der Waals surface area contributed by atoms with E-state index >= 15 is 0 Å². The molecule has 20 heavy (non-hydrogen) atoms. The minimum Gasteiger partial charge on any atom is -0.456 e. The average molecular weight is 284 g/mol. The number of ether oxygens (including phenoxy) is 1. The van der Waals surface area contributed by atoms with Gasteiger partial charge in [0.2, 0.25) is 0 Å². The van der Waals surface area contributed by atoms with Gasteiger partial charge in [0.05, 0.1) is 11.1 Å². The summed E-state index contributed by atoms with van der Waals surface area (Å²) in [6.45, 7) is 0. The lowest BCUT2D eigenvalue weighted by molar-refractivity contribution is 0.112. The molecule has 2 aromatic carbocycles. The Morgan fingerprint density at radius 2 is 1.90 bits per heavy atom. The largest absolute Gasteiger partial charge is 0.456 e. The van der Waals surface area contributed by atoms with E-state index in [-0.39, 0.29) is 0 Å². The van der Waals surface area contributed by atoms with Crippen molar-refractivity contribution < 1.29 is 9.53 Å². The molecule has 3 rings (SSSR count). The summed E-state index contributed by atoms with van der Waals surface area (Å²) in [5, 5.41) is 1.47. The zero-order valence-electron chi connectivity index (χ0n) is 10.4. The molecule has 1 heterocycles. The fraction of sp³-hybridized carbons (Fsp3) is 0. The Morgan fingerprint density at radius 1 is 1.05 bits per heavy atom. The van der Waals surface area contributed by atoms with E-state index in [0.717, 1.165) is 17.2 Å². The monoisotopic (exact) mass is 283 g/mol. The van der Waals surface area contributed by atoms with Crippen LogP contribution in [0.25, 0.3) is 10.9 Å². The number of benzene rings is 2. The first-order chi connectivity index (χ1) is 9.78. The van der Waals surface area contributed by atoms with Crippen LogP contribution in [0.15, 0.2) is 54.7 Å². The molecule has 4 heteroatoms. The van der Waals surface area contributed by atoms with Crippen molar-refractivity contribution in [2.75, 3.05) is 0 Å². The van der Waals surface area contributed by atoms with E-state index in [0.29, 0.717) is 22.1 Å². The van der Waals surface area contributed by atoms with Crippen molar-refractivity contribution in [3.63, 3.8) is 0 Å². The number of nitrogens with zero attached hydrogens (tertiary/aromatic N) is 1. The smallest absolute Gasteiger partial charge is 0.153 e. The third-order valence-corrected chi connectivity index (χ3v) is 3.17. The highest BCUT2D eigenvalue weighted by molar-refractivity contribution is 6.31. The van der Waals surface area contributed by atoms with Crippen LogP contribution in [0, 0.1) is 0 Å². The molecular weight excluding hydrogens is 274 g/mol. The van der Waals surface area contributed by atoms with Crippen LogP contribution >= 0.6 is 11.6 Å². The molecule has 0 radical (unpaired) electrons. The number of rotatable bonds is 3. The molecular formula is C16H10ClNO2. The molecule has 1 aromatic heterocycles. The number of carbonyl (C=O) groups excluding carboxylic acids is 1. The first kappa shape index (κ1) is 12.6. The van der Waals surface area contributed by atoms with Gasteiger partial charge >= 0.3 is 0 Å². The van der Waals surface area contributed by atoms with Crippen molar-refractivity contribution in [1.29, 1.82) is 0 Å². The standard InChI is InChI=1S/C16H10ClNO2/c17-12-5-6-13-14(9-12)18-8-7-16(13)20-15-4-2-1-3-11(15)10-19/h1-10H. The van der Waals surface area contributed by atoms with Gasteiger partial charge in [-0.3, -0.25) is 9.78 Å². The van der Waals surface area contributed by atoms with Gasteiger partial charge in [-0.2, -0.15) is 0 Å². The lowest BCUT2D eigenvalue weighted by Gasteiger charge is -2.10. The fourth-order valence-electron chi connectivity index (χ4n) is 1.97. The first-order valence-corrected chi connectivity index (χ1v) is 6.42. The number of carbonyl (C=O) groups is 1. The number of para-hydroxylation sites is 1. The van der Waals surface area contributed by atoms with Crippen molar-refractivity contribution in [1.82, 2.24) is 4.98 Å². The van der Waals surface area contributed by atoms with E-state index in [4.69, 9.17) is 16.3 Å². The summed E-state index contributed by atoms with van der Waals surface area (Å²) in [7, 11) is 0. The van der Waals surface area contributed by atoms with Gasteiger partial charge in [0.1, 0.15) is 11.5 Å². The molecule has 0 unspecified atom stereocenters. The Hall–Kier alpha value is -2.39. The van der Waals surface area contributed by atoms with E-state index in [1.807, 2.05) is 12.1 Å². The normalized spacial score (nSPS) is 10.4. The molecule has 0 atom stereocenters. The quantitative estimate of drug-likeness (QED) is 0.665. The Balaban J connectivity index is 2.09. The highest BCUT2D eigenvalue weighted by Gasteiger charge is 2.07. The number of aldehydes is 1. The predicted octanol–water partition coefficient (Wildman–Crippen LogP) is 4.49. The minimum atomic E-state index is 0.506. The lowest BCUT2D eigenvalue weighted by atomic mass is 10.2. The van der Waals surface area contributed by atoms with E-state index in [1.54, 1.807) is 42.6 Å². The van der Waals surface area contributed by atoms with Gasteiger partial charge in [0, 0.05) is 16.6 Å². The van der Waals surface area contributed by atoms with E-state index in [1.165, 1.54) is 0 Å². The predicted molar refractivity (Wildman–Crippen MR) is 78.7 cm³/mol. The summed E-state index contributed by atoms with van der Waals surface area (Å²) >= 11 is 5.95. The van der Waals surface area contributed by atoms with E-state index in [2.05, 4.69) is 4.98 Å². The maximum absolute atomic E-state index is 11.0. The molecule has 0 aliphatic heterocycles. The van der Waals surface area contributed by atoms with Crippen molar-refractivity contribution >= 4 is 28.8 Å². The topological polar surface area (TPSA) is 39.2 Å². The van der Waals surface area contributed by atoms with Gasteiger partial charge in [-0.1, -0.05) is 23.7 Å². The average Bonchev–Trinajstić information content (AvgIpc) is 2.47. The Morgan fingerprint density at radius 3 is 2.75 bits per heavy atom. The van der Waals surface area contributed by atoms with Gasteiger partial charge in [-0.15, -0.1) is 0 Å². The Bertz CT molecular complexity index is 786. The SMILES string of the molecule is O=Cc1ccccc1Oc1ccnc2cc(Cl)ccc12. The number of halogens is 1. The van der Waals surface area contributed by atoms with Crippen molar-refractivity contribution in [2.45, 2.75) is 0 Å². The number of hydrogen-bond acceptors (Lipinski definition) is 3. The summed E-state index contributed by atoms with van der Waals surface area (Å²) in [6, 6.07) is 14.2. The molecule has 98 valence electrons. The van der Waals surface area contributed by atoms with Crippen molar-refractivity contribution in [3.8, 4) is 11.5 Å². The molecule has 0 saturated carbocycles. The zero-order chi connectivity index (χ0) is 13.9. The molecule has 0 bridgehead atoms. The molecule has 3 nitrogen and oxygen atoms in total. The van der Waals surface area contributed by atoms with Gasteiger partial charge in [-0.25, -0.2) is 0 Å². The van der Waals surface area contributed by atoms with Gasteiger partial charge in [0.15, 0.2) is 6.29 Å². The van der Waals surface area contributed by atoms with Crippen LogP contribution in [-0.4, -0.2) is 11.3 Å². The number of hydrogen-bond donors (Lipinski definition) is 0.